The normalized spacial score (nSPS) is 12.2. The van der Waals surface area contributed by atoms with E-state index in [1.54, 1.807) is 18.5 Å². The number of carbonyl (C=O) groups is 1. The zero-order valence-corrected chi connectivity index (χ0v) is 16.7. The van der Waals surface area contributed by atoms with Crippen molar-refractivity contribution in [2.75, 3.05) is 13.6 Å². The van der Waals surface area contributed by atoms with Crippen molar-refractivity contribution in [3.05, 3.63) is 63.7 Å². The van der Waals surface area contributed by atoms with E-state index in [-0.39, 0.29) is 6.10 Å². The Bertz CT molecular complexity index is 818. The summed E-state index contributed by atoms with van der Waals surface area (Å²) in [6, 6.07) is 11.3. The monoisotopic (exact) mass is 372 g/mol. The van der Waals surface area contributed by atoms with Gasteiger partial charge in [0.05, 0.1) is 22.6 Å². The molecule has 2 aromatic carbocycles. The van der Waals surface area contributed by atoms with Gasteiger partial charge in [-0.1, -0.05) is 35.9 Å². The lowest BCUT2D eigenvalue weighted by Gasteiger charge is -2.17. The Balaban J connectivity index is 2.20. The summed E-state index contributed by atoms with van der Waals surface area (Å²) in [6.45, 7) is 8.66. The second-order valence-electron chi connectivity index (χ2n) is 6.34. The van der Waals surface area contributed by atoms with Crippen LogP contribution in [0.2, 0.25) is 5.02 Å². The molecule has 0 N–H and O–H groups in total. The van der Waals surface area contributed by atoms with Crippen molar-refractivity contribution in [2.24, 2.45) is 4.99 Å². The predicted octanol–water partition coefficient (Wildman–Crippen LogP) is 5.49. The minimum atomic E-state index is -0.435. The number of halogens is 1. The molecule has 0 aliphatic carbocycles. The third-order valence-electron chi connectivity index (χ3n) is 4.31. The lowest BCUT2D eigenvalue weighted by atomic mass is 10.0. The van der Waals surface area contributed by atoms with Crippen molar-refractivity contribution >= 4 is 29.6 Å². The lowest BCUT2D eigenvalue weighted by molar-refractivity contribution is 0.0337. The molecule has 0 saturated heterocycles. The van der Waals surface area contributed by atoms with Crippen molar-refractivity contribution in [3.63, 3.8) is 0 Å². The number of carbonyl (C=O) groups excluding carboxylic acids is 1. The third kappa shape index (κ3) is 4.85. The van der Waals surface area contributed by atoms with Gasteiger partial charge >= 0.3 is 5.97 Å². The predicted molar refractivity (Wildman–Crippen MR) is 108 cm³/mol. The minimum Gasteiger partial charge on any atom is -0.454 e. The molecule has 0 amide bonds. The van der Waals surface area contributed by atoms with E-state index in [0.717, 1.165) is 28.9 Å². The first-order chi connectivity index (χ1) is 12.3. The number of esters is 1. The van der Waals surface area contributed by atoms with Gasteiger partial charge in [-0.2, -0.15) is 0 Å². The molecule has 2 aromatic rings. The van der Waals surface area contributed by atoms with E-state index in [1.165, 1.54) is 0 Å². The van der Waals surface area contributed by atoms with Gasteiger partial charge in [-0.15, -0.1) is 0 Å². The smallest absolute Gasteiger partial charge is 0.340 e. The molecule has 2 rings (SSSR count). The summed E-state index contributed by atoms with van der Waals surface area (Å²) in [5.74, 6) is -0.435. The van der Waals surface area contributed by atoms with Crippen molar-refractivity contribution in [2.45, 2.75) is 33.8 Å². The molecule has 1 unspecified atom stereocenters. The summed E-state index contributed by atoms with van der Waals surface area (Å²) >= 11 is 6.32. The molecule has 0 aliphatic heterocycles. The van der Waals surface area contributed by atoms with E-state index in [0.29, 0.717) is 10.6 Å². The van der Waals surface area contributed by atoms with Crippen LogP contribution in [0.15, 0.2) is 41.4 Å². The SMILES string of the molecule is CCN(C)/C=N/c1cc(Cl)c(C(=O)OC(C)c2ccccc2C)cc1C. The Morgan fingerprint density at radius 3 is 2.62 bits per heavy atom. The lowest BCUT2D eigenvalue weighted by Crippen LogP contribution is -2.14. The average molecular weight is 373 g/mol. The van der Waals surface area contributed by atoms with E-state index in [1.807, 2.05) is 63.9 Å². The van der Waals surface area contributed by atoms with Crippen LogP contribution < -0.4 is 0 Å². The van der Waals surface area contributed by atoms with Gasteiger partial charge in [0, 0.05) is 13.6 Å². The molecule has 5 heteroatoms. The van der Waals surface area contributed by atoms with Crippen molar-refractivity contribution in [3.8, 4) is 0 Å². The van der Waals surface area contributed by atoms with Crippen LogP contribution in [0.4, 0.5) is 5.69 Å². The summed E-state index contributed by atoms with van der Waals surface area (Å²) in [6.07, 6.45) is 1.40. The maximum Gasteiger partial charge on any atom is 0.340 e. The molecule has 0 bridgehead atoms. The molecule has 0 spiro atoms. The molecule has 0 aromatic heterocycles. The number of aliphatic imine (C=N–C) groups is 1. The molecule has 0 heterocycles. The summed E-state index contributed by atoms with van der Waals surface area (Å²) in [7, 11) is 1.94. The molecular formula is C21H25ClN2O2. The van der Waals surface area contributed by atoms with Gasteiger partial charge in [0.15, 0.2) is 0 Å². The van der Waals surface area contributed by atoms with E-state index >= 15 is 0 Å². The highest BCUT2D eigenvalue weighted by atomic mass is 35.5. The van der Waals surface area contributed by atoms with E-state index in [4.69, 9.17) is 16.3 Å². The molecule has 138 valence electrons. The van der Waals surface area contributed by atoms with Crippen molar-refractivity contribution in [1.29, 1.82) is 0 Å². The zero-order chi connectivity index (χ0) is 19.3. The first-order valence-corrected chi connectivity index (χ1v) is 9.02. The number of hydrogen-bond donors (Lipinski definition) is 0. The summed E-state index contributed by atoms with van der Waals surface area (Å²) < 4.78 is 5.62. The van der Waals surface area contributed by atoms with Gasteiger partial charge in [-0.25, -0.2) is 9.79 Å². The number of benzene rings is 2. The zero-order valence-electron chi connectivity index (χ0n) is 15.9. The minimum absolute atomic E-state index is 0.337. The quantitative estimate of drug-likeness (QED) is 0.382. The van der Waals surface area contributed by atoms with Crippen LogP contribution in [0.1, 0.15) is 47.0 Å². The number of rotatable bonds is 6. The van der Waals surface area contributed by atoms with Gasteiger partial charge in [-0.3, -0.25) is 0 Å². The van der Waals surface area contributed by atoms with E-state index in [9.17, 15) is 4.79 Å². The van der Waals surface area contributed by atoms with E-state index in [2.05, 4.69) is 4.99 Å². The van der Waals surface area contributed by atoms with Crippen LogP contribution in [-0.4, -0.2) is 30.8 Å². The van der Waals surface area contributed by atoms with Crippen molar-refractivity contribution in [1.82, 2.24) is 4.90 Å². The maximum absolute atomic E-state index is 12.6. The van der Waals surface area contributed by atoms with E-state index < -0.39 is 5.97 Å². The fourth-order valence-electron chi connectivity index (χ4n) is 2.54. The average Bonchev–Trinajstić information content (AvgIpc) is 2.61. The molecular weight excluding hydrogens is 348 g/mol. The van der Waals surface area contributed by atoms with Crippen molar-refractivity contribution < 1.29 is 9.53 Å². The van der Waals surface area contributed by atoms with Gasteiger partial charge in [0.2, 0.25) is 0 Å². The third-order valence-corrected chi connectivity index (χ3v) is 4.62. The molecule has 4 nitrogen and oxygen atoms in total. The molecule has 0 fully saturated rings. The Kier molecular flexibility index (Phi) is 6.81. The molecule has 0 aliphatic rings. The highest BCUT2D eigenvalue weighted by molar-refractivity contribution is 6.33. The first-order valence-electron chi connectivity index (χ1n) is 8.64. The van der Waals surface area contributed by atoms with Gasteiger partial charge in [0.1, 0.15) is 6.10 Å². The second-order valence-corrected chi connectivity index (χ2v) is 6.75. The van der Waals surface area contributed by atoms with Crippen LogP contribution in [0, 0.1) is 13.8 Å². The molecule has 26 heavy (non-hydrogen) atoms. The number of nitrogens with zero attached hydrogens (tertiary/aromatic N) is 2. The summed E-state index contributed by atoms with van der Waals surface area (Å²) in [5.41, 5.74) is 4.02. The Hall–Kier alpha value is -2.33. The highest BCUT2D eigenvalue weighted by Gasteiger charge is 2.19. The van der Waals surface area contributed by atoms with Gasteiger partial charge < -0.3 is 9.64 Å². The second kappa shape index (κ2) is 8.86. The largest absolute Gasteiger partial charge is 0.454 e. The Morgan fingerprint density at radius 1 is 1.27 bits per heavy atom. The molecule has 1 atom stereocenters. The molecule has 0 radical (unpaired) electrons. The maximum atomic E-state index is 12.6. The topological polar surface area (TPSA) is 41.9 Å². The van der Waals surface area contributed by atoms with Crippen LogP contribution in [-0.2, 0) is 4.74 Å². The Labute approximate surface area is 160 Å². The number of ether oxygens (including phenoxy) is 1. The fraction of sp³-hybridized carbons (Fsp3) is 0.333. The standard InChI is InChI=1S/C21H25ClN2O2/c1-6-24(5)13-23-20-12-19(22)18(11-15(20)3)21(25)26-16(4)17-10-8-7-9-14(17)2/h7-13,16H,6H2,1-5H3/b23-13+. The van der Waals surface area contributed by atoms with Crippen LogP contribution in [0.3, 0.4) is 0 Å². The van der Waals surface area contributed by atoms with Crippen LogP contribution in [0.5, 0.6) is 0 Å². The molecule has 0 saturated carbocycles. The highest BCUT2D eigenvalue weighted by Crippen LogP contribution is 2.29. The summed E-state index contributed by atoms with van der Waals surface area (Å²) in [4.78, 5) is 19.0. The van der Waals surface area contributed by atoms with Gasteiger partial charge in [-0.05, 0) is 56.5 Å². The number of aryl methyl sites for hydroxylation is 2. The Morgan fingerprint density at radius 2 is 1.96 bits per heavy atom. The van der Waals surface area contributed by atoms with Gasteiger partial charge in [0.25, 0.3) is 0 Å². The van der Waals surface area contributed by atoms with Crippen LogP contribution >= 0.6 is 11.6 Å². The fourth-order valence-corrected chi connectivity index (χ4v) is 2.77. The first kappa shape index (κ1) is 20.0. The summed E-state index contributed by atoms with van der Waals surface area (Å²) in [5, 5.41) is 0.337. The van der Waals surface area contributed by atoms with Crippen LogP contribution in [0.25, 0.3) is 0 Å². The number of hydrogen-bond acceptors (Lipinski definition) is 3.